The van der Waals surface area contributed by atoms with Crippen LogP contribution in [-0.4, -0.2) is 64.6 Å². The Morgan fingerprint density at radius 2 is 0.958 bits per heavy atom. The summed E-state index contributed by atoms with van der Waals surface area (Å²) in [7, 11) is -7.42. The first-order valence-electron chi connectivity index (χ1n) is 15.8. The predicted octanol–water partition coefficient (Wildman–Crippen LogP) is 4.39. The molecule has 48 heavy (non-hydrogen) atoms. The third-order valence-electron chi connectivity index (χ3n) is 8.41. The van der Waals surface area contributed by atoms with Crippen LogP contribution < -0.4 is 10.6 Å². The van der Waals surface area contributed by atoms with Crippen molar-refractivity contribution < 1.29 is 36.0 Å². The SMILES string of the molecule is CC(C)=CCCc1ccc2c(c1)C(=O)C1=C(C2=O)S(=O)(=O)CCN1.CC(C)=CCCc1ccc2c(c1)C(=O)C1=C(NCCS1(=O)=O)C2=O. The normalized spacial score (nSPS) is 18.6. The lowest BCUT2D eigenvalue weighted by Gasteiger charge is -2.25. The average Bonchev–Trinajstić information content (AvgIpc) is 3.01. The predicted molar refractivity (Wildman–Crippen MR) is 183 cm³/mol. The van der Waals surface area contributed by atoms with Gasteiger partial charge in [0.2, 0.25) is 23.1 Å². The Balaban J connectivity index is 0.000000188. The molecule has 0 radical (unpaired) electrons. The van der Waals surface area contributed by atoms with Crippen LogP contribution in [0.2, 0.25) is 0 Å². The fourth-order valence-corrected chi connectivity index (χ4v) is 8.89. The first kappa shape index (κ1) is 34.9. The topological polar surface area (TPSA) is 161 Å². The number of hydrogen-bond acceptors (Lipinski definition) is 10. The van der Waals surface area contributed by atoms with E-state index in [-0.39, 0.29) is 68.1 Å². The van der Waals surface area contributed by atoms with Gasteiger partial charge >= 0.3 is 0 Å². The minimum Gasteiger partial charge on any atom is -0.380 e. The van der Waals surface area contributed by atoms with Crippen LogP contribution in [0.4, 0.5) is 0 Å². The maximum absolute atomic E-state index is 12.7. The molecule has 252 valence electrons. The molecule has 0 spiro atoms. The molecule has 0 unspecified atom stereocenters. The molecule has 0 fully saturated rings. The molecule has 0 aromatic heterocycles. The van der Waals surface area contributed by atoms with Gasteiger partial charge in [-0.15, -0.1) is 0 Å². The molecule has 6 rings (SSSR count). The van der Waals surface area contributed by atoms with Gasteiger partial charge in [0.15, 0.2) is 19.7 Å². The monoisotopic (exact) mass is 690 g/mol. The van der Waals surface area contributed by atoms with E-state index in [9.17, 15) is 36.0 Å². The Kier molecular flexibility index (Phi) is 9.89. The largest absolute Gasteiger partial charge is 0.380 e. The van der Waals surface area contributed by atoms with Gasteiger partial charge < -0.3 is 10.6 Å². The number of fused-ring (bicyclic) bond motifs is 2. The molecule has 2 aliphatic heterocycles. The zero-order valence-corrected chi connectivity index (χ0v) is 29.0. The lowest BCUT2D eigenvalue weighted by Crippen LogP contribution is -2.40. The average molecular weight is 691 g/mol. The molecule has 2 N–H and O–H groups in total. The van der Waals surface area contributed by atoms with Crippen LogP contribution >= 0.6 is 0 Å². The summed E-state index contributed by atoms with van der Waals surface area (Å²) in [6.07, 6.45) is 7.39. The molecule has 2 aliphatic carbocycles. The van der Waals surface area contributed by atoms with Crippen LogP contribution in [0.5, 0.6) is 0 Å². The summed E-state index contributed by atoms with van der Waals surface area (Å²) in [6.45, 7) is 8.39. The highest BCUT2D eigenvalue weighted by Crippen LogP contribution is 2.33. The molecule has 0 atom stereocenters. The Morgan fingerprint density at radius 3 is 1.40 bits per heavy atom. The number of Topliss-reactive ketones (excluding diaryl/α,β-unsaturated/α-hetero) is 4. The second-order valence-corrected chi connectivity index (χ2v) is 16.7. The van der Waals surface area contributed by atoms with Gasteiger partial charge in [-0.3, -0.25) is 19.2 Å². The minimum absolute atomic E-state index is 0.0693. The van der Waals surface area contributed by atoms with E-state index in [0.717, 1.165) is 36.8 Å². The smallest absolute Gasteiger partial charge is 0.211 e. The van der Waals surface area contributed by atoms with Crippen molar-refractivity contribution in [2.45, 2.75) is 53.4 Å². The van der Waals surface area contributed by atoms with Crippen molar-refractivity contribution in [1.82, 2.24) is 10.6 Å². The number of sulfone groups is 2. The molecule has 0 saturated carbocycles. The first-order chi connectivity index (χ1) is 22.6. The van der Waals surface area contributed by atoms with E-state index in [4.69, 9.17) is 0 Å². The van der Waals surface area contributed by atoms with Crippen LogP contribution in [0.1, 0.15) is 93.1 Å². The van der Waals surface area contributed by atoms with Gasteiger partial charge in [-0.25, -0.2) is 16.8 Å². The summed E-state index contributed by atoms with van der Waals surface area (Å²) in [5.74, 6) is -2.31. The third-order valence-corrected chi connectivity index (χ3v) is 11.9. The minimum atomic E-state index is -3.71. The third kappa shape index (κ3) is 6.91. The van der Waals surface area contributed by atoms with E-state index >= 15 is 0 Å². The Labute approximate surface area is 280 Å². The highest BCUT2D eigenvalue weighted by atomic mass is 32.2. The fraction of sp³-hybridized carbons (Fsp3) is 0.333. The number of carbonyl (C=O) groups excluding carboxylic acids is 4. The molecule has 2 aromatic rings. The van der Waals surface area contributed by atoms with E-state index in [1.54, 1.807) is 30.3 Å². The number of ketones is 4. The molecule has 2 aromatic carbocycles. The number of allylic oxidation sites excluding steroid dienone is 8. The van der Waals surface area contributed by atoms with Crippen LogP contribution in [0, 0.1) is 0 Å². The van der Waals surface area contributed by atoms with Crippen molar-refractivity contribution in [2.75, 3.05) is 24.6 Å². The van der Waals surface area contributed by atoms with Crippen molar-refractivity contribution in [3.63, 3.8) is 0 Å². The summed E-state index contributed by atoms with van der Waals surface area (Å²) in [6, 6.07) is 10.2. The van der Waals surface area contributed by atoms with Crippen molar-refractivity contribution in [3.8, 4) is 0 Å². The number of carbonyl (C=O) groups is 4. The summed E-state index contributed by atoms with van der Waals surface area (Å²) in [5, 5.41) is 5.58. The van der Waals surface area contributed by atoms with Crippen LogP contribution in [0.3, 0.4) is 0 Å². The first-order valence-corrected chi connectivity index (χ1v) is 19.1. The lowest BCUT2D eigenvalue weighted by molar-refractivity contribution is 0.0973. The number of nitrogens with one attached hydrogen (secondary N) is 2. The molecular formula is C36H38N2O8S2. The van der Waals surface area contributed by atoms with Crippen molar-refractivity contribution in [2.24, 2.45) is 0 Å². The summed E-state index contributed by atoms with van der Waals surface area (Å²) in [5.41, 5.74) is 5.10. The van der Waals surface area contributed by atoms with E-state index < -0.39 is 42.8 Å². The number of rotatable bonds is 6. The van der Waals surface area contributed by atoms with Crippen LogP contribution in [0.25, 0.3) is 0 Å². The van der Waals surface area contributed by atoms with Crippen molar-refractivity contribution in [3.05, 3.63) is 114 Å². The van der Waals surface area contributed by atoms with Gasteiger partial charge in [0.05, 0.1) is 11.5 Å². The van der Waals surface area contributed by atoms with Crippen LogP contribution in [0.15, 0.2) is 80.9 Å². The number of benzene rings is 2. The molecular weight excluding hydrogens is 653 g/mol. The number of aryl methyl sites for hydroxylation is 2. The van der Waals surface area contributed by atoms with E-state index in [2.05, 4.69) is 22.8 Å². The molecule has 2 heterocycles. The van der Waals surface area contributed by atoms with Gasteiger partial charge in [-0.2, -0.15) is 0 Å². The van der Waals surface area contributed by atoms with Crippen molar-refractivity contribution >= 4 is 42.8 Å². The second kappa shape index (κ2) is 13.6. The van der Waals surface area contributed by atoms with Gasteiger partial charge in [-0.05, 0) is 88.8 Å². The standard InChI is InChI=1S/2C18H19NO4S/c1-11(2)4-3-5-12-6-7-13-14(10-12)16(20)15-18(17(13)21)24(22,23)9-8-19-15;1-11(2)4-3-5-12-6-7-13-14(10-12)17(21)18-15(16(13)20)19-8-9-24(18,22)23/h2*4,6-7,10,19H,3,5,8-9H2,1-2H3. The molecule has 0 saturated heterocycles. The molecule has 0 amide bonds. The van der Waals surface area contributed by atoms with Crippen molar-refractivity contribution in [1.29, 1.82) is 0 Å². The van der Waals surface area contributed by atoms with Crippen LogP contribution in [-0.2, 0) is 32.5 Å². The Hall–Kier alpha value is -4.42. The van der Waals surface area contributed by atoms with Gasteiger partial charge in [0, 0.05) is 35.3 Å². The fourth-order valence-electron chi connectivity index (χ4n) is 6.01. The van der Waals surface area contributed by atoms with Gasteiger partial charge in [0.25, 0.3) is 0 Å². The molecule has 10 nitrogen and oxygen atoms in total. The summed E-state index contributed by atoms with van der Waals surface area (Å²) >= 11 is 0. The highest BCUT2D eigenvalue weighted by molar-refractivity contribution is 7.96. The van der Waals surface area contributed by atoms with Gasteiger partial charge in [-0.1, -0.05) is 35.4 Å². The summed E-state index contributed by atoms with van der Waals surface area (Å²) in [4.78, 5) is 49.8. The molecule has 0 bridgehead atoms. The van der Waals surface area contributed by atoms with E-state index in [1.165, 1.54) is 11.1 Å². The quantitative estimate of drug-likeness (QED) is 0.416. The molecule has 12 heteroatoms. The van der Waals surface area contributed by atoms with Gasteiger partial charge in [0.1, 0.15) is 21.2 Å². The maximum atomic E-state index is 12.7. The lowest BCUT2D eigenvalue weighted by atomic mass is 9.90. The zero-order valence-electron chi connectivity index (χ0n) is 27.4. The van der Waals surface area contributed by atoms with E-state index in [0.29, 0.717) is 0 Å². The Morgan fingerprint density at radius 1 is 0.583 bits per heavy atom. The summed E-state index contributed by atoms with van der Waals surface area (Å²) < 4.78 is 48.8. The zero-order chi connectivity index (χ0) is 35.0. The van der Waals surface area contributed by atoms with E-state index in [1.807, 2.05) is 33.8 Å². The molecule has 4 aliphatic rings. The second-order valence-electron chi connectivity index (χ2n) is 12.6. The number of hydrogen-bond donors (Lipinski definition) is 2. The highest BCUT2D eigenvalue weighted by Gasteiger charge is 2.42. The Bertz CT molecular complexity index is 2110. The maximum Gasteiger partial charge on any atom is 0.211 e.